The predicted octanol–water partition coefficient (Wildman–Crippen LogP) is 6.87. The highest BCUT2D eigenvalue weighted by Crippen LogP contribution is 2.25. The first-order valence-corrected chi connectivity index (χ1v) is 25.1. The molecule has 77 heavy (non-hydrogen) atoms. The van der Waals surface area contributed by atoms with Crippen LogP contribution in [0, 0.1) is 35.3 Å². The van der Waals surface area contributed by atoms with Crippen LogP contribution in [0.25, 0.3) is 0 Å². The van der Waals surface area contributed by atoms with Gasteiger partial charge < -0.3 is 49.2 Å². The topological polar surface area (TPSA) is 268 Å². The van der Waals surface area contributed by atoms with Crippen LogP contribution in [0.15, 0.2) is 36.4 Å². The molecule has 0 unspecified atom stereocenters. The minimum absolute atomic E-state index is 0.0156. The smallest absolute Gasteiger partial charge is 0.408 e. The van der Waals surface area contributed by atoms with Gasteiger partial charge in [-0.05, 0) is 90.8 Å². The maximum atomic E-state index is 14.3. The van der Waals surface area contributed by atoms with Crippen molar-refractivity contribution in [1.29, 1.82) is 0 Å². The number of hydrogen-bond donors (Lipinski definition) is 3. The number of carbonyl (C=O) groups is 10. The number of carboxylic acids is 1. The lowest BCUT2D eigenvalue weighted by Gasteiger charge is -2.30. The van der Waals surface area contributed by atoms with Gasteiger partial charge in [-0.1, -0.05) is 39.8 Å². The van der Waals surface area contributed by atoms with E-state index >= 15 is 0 Å². The number of rotatable bonds is 26. The molecule has 3 N–H and O–H groups in total. The van der Waals surface area contributed by atoms with Crippen LogP contribution in [0.1, 0.15) is 120 Å². The Morgan fingerprint density at radius 2 is 0.857 bits per heavy atom. The molecule has 0 saturated carbocycles. The summed E-state index contributed by atoms with van der Waals surface area (Å²) in [6.45, 7) is 19.1. The number of carbonyl (C=O) groups excluding carboxylic acids is 9. The number of benzene rings is 2. The third kappa shape index (κ3) is 23.4. The van der Waals surface area contributed by atoms with Crippen LogP contribution in [0.4, 0.5) is 18.4 Å². The molecule has 2 rings (SSSR count). The normalized spacial score (nSPS) is 14.4. The first kappa shape index (κ1) is 68.0. The molecule has 2 aromatic rings. The molecule has 0 aliphatic rings. The lowest BCUT2D eigenvalue weighted by atomic mass is 9.93. The first-order chi connectivity index (χ1) is 35.5. The van der Waals surface area contributed by atoms with Crippen LogP contribution < -0.4 is 20.1 Å². The zero-order valence-corrected chi connectivity index (χ0v) is 47.5. The Labute approximate surface area is 450 Å². The minimum atomic E-state index is -1.16. The third-order valence-electron chi connectivity index (χ3n) is 12.0. The summed E-state index contributed by atoms with van der Waals surface area (Å²) < 4.78 is 53.5. The Hall–Kier alpha value is -7.00. The molecule has 0 aliphatic heterocycles. The standard InChI is InChI=1S/C28H41FN2O8.C27H39FN2O8/c1-16(12-22(32)18(3)30-27(36)39-28(4,5)6)25(34)31(7)21(23(33)13-17(2)26(35)38-9)15-19-10-11-24(37-8)20(29)14-19;1-15(11-21(31)17(3)29-26(36)38-27(4,5)6)24(33)30(7)20(22(32)12-16(2)25(34)35)14-18-9-10-23(37-8)19(28)13-18/h10-11,14,16-18,21H,12-13,15H2,1-9H3,(H,30,36);9-10,13,15-17,20H,11-12,14H2,1-8H3,(H,29,36)(H,34,35)/t16-,17-,18-,21+;15-,16-,17-,20+/m11/s1. The molecule has 2 aromatic carbocycles. The van der Waals surface area contributed by atoms with Crippen molar-refractivity contribution in [1.82, 2.24) is 20.4 Å². The summed E-state index contributed by atoms with van der Waals surface area (Å²) >= 11 is 0. The molecule has 20 nitrogen and oxygen atoms in total. The van der Waals surface area contributed by atoms with Crippen molar-refractivity contribution in [2.24, 2.45) is 23.7 Å². The number of amides is 4. The van der Waals surface area contributed by atoms with Crippen LogP contribution in [-0.2, 0) is 65.4 Å². The van der Waals surface area contributed by atoms with E-state index in [4.69, 9.17) is 23.7 Å². The van der Waals surface area contributed by atoms with Crippen LogP contribution >= 0.6 is 0 Å². The summed E-state index contributed by atoms with van der Waals surface area (Å²) in [4.78, 5) is 128. The van der Waals surface area contributed by atoms with Gasteiger partial charge in [-0.15, -0.1) is 0 Å². The van der Waals surface area contributed by atoms with E-state index in [2.05, 4.69) is 10.6 Å². The summed E-state index contributed by atoms with van der Waals surface area (Å²) in [5.41, 5.74) is -0.636. The van der Waals surface area contributed by atoms with Crippen molar-refractivity contribution >= 4 is 59.1 Å². The fourth-order valence-corrected chi connectivity index (χ4v) is 7.57. The Morgan fingerprint density at radius 3 is 1.14 bits per heavy atom. The Bertz CT molecular complexity index is 2420. The molecule has 8 atom stereocenters. The number of esters is 1. The van der Waals surface area contributed by atoms with Gasteiger partial charge in [0.1, 0.15) is 11.2 Å². The molecule has 0 heterocycles. The van der Waals surface area contributed by atoms with E-state index in [9.17, 15) is 61.8 Å². The number of likely N-dealkylation sites (N-methyl/N-ethyl adjacent to an activating group) is 2. The molecular formula is C55H80F2N4O16. The number of aliphatic carboxylic acids is 1. The van der Waals surface area contributed by atoms with Crippen molar-refractivity contribution < 1.29 is 85.5 Å². The highest BCUT2D eigenvalue weighted by atomic mass is 19.1. The number of alkyl carbamates (subject to hydrolysis) is 2. The van der Waals surface area contributed by atoms with Crippen molar-refractivity contribution in [3.63, 3.8) is 0 Å². The number of ether oxygens (including phenoxy) is 5. The lowest BCUT2D eigenvalue weighted by Crippen LogP contribution is -2.47. The number of halogens is 2. The van der Waals surface area contributed by atoms with Gasteiger partial charge in [-0.2, -0.15) is 0 Å². The quantitative estimate of drug-likeness (QED) is 0.0640. The van der Waals surface area contributed by atoms with Gasteiger partial charge in [0.25, 0.3) is 0 Å². The van der Waals surface area contributed by atoms with E-state index in [0.717, 1.165) is 0 Å². The number of Topliss-reactive ketones (excluding diaryl/α,β-unsaturated/α-hetero) is 4. The minimum Gasteiger partial charge on any atom is -0.494 e. The number of carboxylic acid groups (broad SMARTS) is 1. The van der Waals surface area contributed by atoms with Crippen LogP contribution in [-0.4, -0.2) is 145 Å². The Kier molecular flexibility index (Phi) is 27.1. The number of hydrogen-bond acceptors (Lipinski definition) is 15. The molecule has 0 spiro atoms. The third-order valence-corrected chi connectivity index (χ3v) is 12.0. The zero-order valence-electron chi connectivity index (χ0n) is 47.5. The van der Waals surface area contributed by atoms with E-state index in [-0.39, 0.29) is 50.0 Å². The van der Waals surface area contributed by atoms with Gasteiger partial charge in [-0.25, -0.2) is 18.4 Å². The fraction of sp³-hybridized carbons (Fsp3) is 0.600. The average molecular weight is 1090 g/mol. The van der Waals surface area contributed by atoms with E-state index in [0.29, 0.717) is 11.1 Å². The molecule has 22 heteroatoms. The average Bonchev–Trinajstić information content (AvgIpc) is 3.32. The van der Waals surface area contributed by atoms with Gasteiger partial charge in [0.2, 0.25) is 11.8 Å². The highest BCUT2D eigenvalue weighted by Gasteiger charge is 2.35. The van der Waals surface area contributed by atoms with E-state index in [1.807, 2.05) is 0 Å². The molecule has 0 radical (unpaired) electrons. The predicted molar refractivity (Wildman–Crippen MR) is 279 cm³/mol. The number of nitrogens with one attached hydrogen (secondary N) is 2. The summed E-state index contributed by atoms with van der Waals surface area (Å²) in [5, 5.41) is 14.1. The molecule has 430 valence electrons. The Morgan fingerprint density at radius 1 is 0.532 bits per heavy atom. The second-order valence-electron chi connectivity index (χ2n) is 21.2. The second-order valence-corrected chi connectivity index (χ2v) is 21.2. The summed E-state index contributed by atoms with van der Waals surface area (Å²) in [5.74, 6) is -9.12. The summed E-state index contributed by atoms with van der Waals surface area (Å²) in [6.07, 6.45) is -2.55. The Balaban J connectivity index is 0.000000770. The van der Waals surface area contributed by atoms with Crippen molar-refractivity contribution in [3.05, 3.63) is 59.2 Å². The maximum absolute atomic E-state index is 14.3. The number of ketones is 4. The van der Waals surface area contributed by atoms with Gasteiger partial charge >= 0.3 is 24.1 Å². The largest absolute Gasteiger partial charge is 0.494 e. The summed E-state index contributed by atoms with van der Waals surface area (Å²) in [6, 6.07) is 4.42. The lowest BCUT2D eigenvalue weighted by molar-refractivity contribution is -0.148. The highest BCUT2D eigenvalue weighted by molar-refractivity contribution is 5.96. The van der Waals surface area contributed by atoms with Crippen molar-refractivity contribution in [3.8, 4) is 11.5 Å². The van der Waals surface area contributed by atoms with E-state index in [1.54, 1.807) is 60.6 Å². The van der Waals surface area contributed by atoms with Crippen LogP contribution in [0.2, 0.25) is 0 Å². The number of nitrogens with zero attached hydrogens (tertiary/aromatic N) is 2. The van der Waals surface area contributed by atoms with Gasteiger partial charge in [0.05, 0.1) is 57.3 Å². The molecule has 4 amide bonds. The molecule has 0 aliphatic carbocycles. The van der Waals surface area contributed by atoms with Gasteiger partial charge in [0.15, 0.2) is 46.3 Å². The fourth-order valence-electron chi connectivity index (χ4n) is 7.57. The molecular weight excluding hydrogens is 1010 g/mol. The van der Waals surface area contributed by atoms with Gasteiger partial charge in [0, 0.05) is 64.5 Å². The molecule has 0 fully saturated rings. The number of methoxy groups -OCH3 is 3. The van der Waals surface area contributed by atoms with Gasteiger partial charge in [-0.3, -0.25) is 38.4 Å². The van der Waals surface area contributed by atoms with Crippen LogP contribution in [0.3, 0.4) is 0 Å². The van der Waals surface area contributed by atoms with Crippen molar-refractivity contribution in [2.45, 2.75) is 157 Å². The second kappa shape index (κ2) is 30.7. The SMILES string of the molecule is COC(=O)[C@H](C)CC(=O)[C@H](Cc1ccc(OC)c(F)c1)N(C)C(=O)[C@H](C)CC(=O)[C@@H](C)NC(=O)OC(C)(C)C.COc1ccc(C[C@@H](C(=O)C[C@@H](C)C(=O)O)N(C)C(=O)[C@H](C)CC(=O)[C@@H](C)NC(=O)OC(C)(C)C)cc1F. The summed E-state index contributed by atoms with van der Waals surface area (Å²) in [7, 11) is 6.68. The van der Waals surface area contributed by atoms with Crippen molar-refractivity contribution in [2.75, 3.05) is 35.4 Å². The molecule has 0 aromatic heterocycles. The monoisotopic (exact) mass is 1090 g/mol. The van der Waals surface area contributed by atoms with Crippen LogP contribution in [0.5, 0.6) is 11.5 Å². The maximum Gasteiger partial charge on any atom is 0.408 e. The molecule has 0 bridgehead atoms. The molecule has 0 saturated heterocycles. The first-order valence-electron chi connectivity index (χ1n) is 25.1. The van der Waals surface area contributed by atoms with E-state index in [1.165, 1.54) is 104 Å². The zero-order chi connectivity index (χ0) is 59.4. The van der Waals surface area contributed by atoms with E-state index < -0.39 is 130 Å².